The number of hydrogen-bond acceptors (Lipinski definition) is 3. The highest BCUT2D eigenvalue weighted by atomic mass is 35.5. The monoisotopic (exact) mass is 309 g/mol. The minimum atomic E-state index is 0.608. The maximum atomic E-state index is 6.53. The lowest BCUT2D eigenvalue weighted by Gasteiger charge is -2.32. The second kappa shape index (κ2) is 8.00. The Kier molecular flexibility index (Phi) is 6.31. The molecule has 3 nitrogen and oxygen atoms in total. The number of pyridine rings is 1. The molecule has 0 amide bonds. The number of hydrogen-bond donors (Lipinski definition) is 1. The molecule has 1 aromatic rings. The second-order valence-corrected chi connectivity index (χ2v) is 6.82. The van der Waals surface area contributed by atoms with Crippen LogP contribution < -0.4 is 10.2 Å². The third kappa shape index (κ3) is 4.58. The number of halogens is 1. The van der Waals surface area contributed by atoms with E-state index in [-0.39, 0.29) is 0 Å². The van der Waals surface area contributed by atoms with E-state index in [1.807, 2.05) is 6.20 Å². The van der Waals surface area contributed by atoms with Gasteiger partial charge in [0.05, 0.1) is 5.02 Å². The molecule has 0 aliphatic heterocycles. The lowest BCUT2D eigenvalue weighted by molar-refractivity contribution is 0.531. The number of rotatable bonds is 7. The minimum absolute atomic E-state index is 0.608. The maximum absolute atomic E-state index is 6.53. The van der Waals surface area contributed by atoms with Gasteiger partial charge in [0.1, 0.15) is 5.82 Å². The average molecular weight is 310 g/mol. The van der Waals surface area contributed by atoms with Crippen LogP contribution >= 0.6 is 11.6 Å². The third-order valence-corrected chi connectivity index (χ3v) is 4.34. The molecule has 0 saturated heterocycles. The summed E-state index contributed by atoms with van der Waals surface area (Å²) in [7, 11) is 0. The summed E-state index contributed by atoms with van der Waals surface area (Å²) in [6, 6.07) is 2.67. The first-order valence-corrected chi connectivity index (χ1v) is 8.61. The summed E-state index contributed by atoms with van der Waals surface area (Å²) in [4.78, 5) is 7.12. The van der Waals surface area contributed by atoms with E-state index >= 15 is 0 Å². The van der Waals surface area contributed by atoms with E-state index < -0.39 is 0 Å². The number of nitrogens with zero attached hydrogens (tertiary/aromatic N) is 2. The third-order valence-electron chi connectivity index (χ3n) is 4.06. The van der Waals surface area contributed by atoms with E-state index in [1.165, 1.54) is 25.7 Å². The van der Waals surface area contributed by atoms with E-state index in [2.05, 4.69) is 42.0 Å². The Morgan fingerprint density at radius 2 is 2.10 bits per heavy atom. The molecule has 1 aliphatic carbocycles. The lowest BCUT2D eigenvalue weighted by atomic mass is 10.1. The molecule has 0 bridgehead atoms. The molecule has 4 heteroatoms. The number of nitrogens with one attached hydrogen (secondary N) is 1. The van der Waals surface area contributed by atoms with Crippen LogP contribution in [0, 0.1) is 5.92 Å². The molecule has 1 saturated carbocycles. The zero-order valence-electron chi connectivity index (χ0n) is 13.5. The van der Waals surface area contributed by atoms with Crippen molar-refractivity contribution in [2.45, 2.75) is 59.0 Å². The van der Waals surface area contributed by atoms with Crippen molar-refractivity contribution in [3.8, 4) is 0 Å². The summed E-state index contributed by atoms with van der Waals surface area (Å²) in [5.41, 5.74) is 1.15. The highest BCUT2D eigenvalue weighted by molar-refractivity contribution is 6.33. The van der Waals surface area contributed by atoms with Crippen LogP contribution in [0.1, 0.15) is 52.0 Å². The van der Waals surface area contributed by atoms with Gasteiger partial charge in [0.25, 0.3) is 0 Å². The van der Waals surface area contributed by atoms with Gasteiger partial charge in [-0.3, -0.25) is 0 Å². The summed E-state index contributed by atoms with van der Waals surface area (Å²) in [6.45, 7) is 9.45. The van der Waals surface area contributed by atoms with Gasteiger partial charge in [-0.15, -0.1) is 0 Å². The normalized spacial score (nSPS) is 15.9. The fourth-order valence-electron chi connectivity index (χ4n) is 3.07. The van der Waals surface area contributed by atoms with Gasteiger partial charge >= 0.3 is 0 Å². The van der Waals surface area contributed by atoms with Crippen molar-refractivity contribution in [3.63, 3.8) is 0 Å². The predicted molar refractivity (Wildman–Crippen MR) is 91.1 cm³/mol. The Morgan fingerprint density at radius 3 is 2.67 bits per heavy atom. The van der Waals surface area contributed by atoms with Gasteiger partial charge < -0.3 is 10.2 Å². The first kappa shape index (κ1) is 16.6. The van der Waals surface area contributed by atoms with Crippen molar-refractivity contribution in [2.75, 3.05) is 18.0 Å². The van der Waals surface area contributed by atoms with Crippen LogP contribution in [-0.4, -0.2) is 24.1 Å². The SMILES string of the molecule is CCNCc1cnc(N(CC(C)C)C2CCCC2)c(Cl)c1. The average Bonchev–Trinajstić information content (AvgIpc) is 2.97. The van der Waals surface area contributed by atoms with E-state index in [0.29, 0.717) is 12.0 Å². The van der Waals surface area contributed by atoms with Gasteiger partial charge in [0, 0.05) is 25.3 Å². The summed E-state index contributed by atoms with van der Waals surface area (Å²) in [5.74, 6) is 1.59. The Labute approximate surface area is 134 Å². The molecule has 118 valence electrons. The second-order valence-electron chi connectivity index (χ2n) is 6.41. The van der Waals surface area contributed by atoms with Crippen molar-refractivity contribution in [3.05, 3.63) is 22.8 Å². The topological polar surface area (TPSA) is 28.2 Å². The number of aromatic nitrogens is 1. The largest absolute Gasteiger partial charge is 0.352 e. The summed E-state index contributed by atoms with van der Waals surface area (Å²) >= 11 is 6.53. The van der Waals surface area contributed by atoms with Gasteiger partial charge in [0.2, 0.25) is 0 Å². The molecule has 0 spiro atoms. The molecule has 21 heavy (non-hydrogen) atoms. The lowest BCUT2D eigenvalue weighted by Crippen LogP contribution is -2.37. The van der Waals surface area contributed by atoms with Crippen molar-refractivity contribution in [1.82, 2.24) is 10.3 Å². The summed E-state index contributed by atoms with van der Waals surface area (Å²) in [5, 5.41) is 4.11. The van der Waals surface area contributed by atoms with E-state index in [0.717, 1.165) is 36.0 Å². The van der Waals surface area contributed by atoms with E-state index in [1.54, 1.807) is 0 Å². The molecule has 2 rings (SSSR count). The van der Waals surface area contributed by atoms with Gasteiger partial charge in [-0.2, -0.15) is 0 Å². The fraction of sp³-hybridized carbons (Fsp3) is 0.706. The van der Waals surface area contributed by atoms with Crippen LogP contribution in [0.4, 0.5) is 5.82 Å². The van der Waals surface area contributed by atoms with Crippen LogP contribution in [-0.2, 0) is 6.54 Å². The van der Waals surface area contributed by atoms with Crippen LogP contribution in [0.2, 0.25) is 5.02 Å². The molecule has 1 aliphatic rings. The van der Waals surface area contributed by atoms with Crippen LogP contribution in [0.25, 0.3) is 0 Å². The van der Waals surface area contributed by atoms with Gasteiger partial charge in [-0.1, -0.05) is 45.2 Å². The Morgan fingerprint density at radius 1 is 1.38 bits per heavy atom. The molecular formula is C17H28ClN3. The molecule has 0 unspecified atom stereocenters. The standard InChI is InChI=1S/C17H28ClN3/c1-4-19-10-14-9-16(18)17(20-11-14)21(12-13(2)3)15-7-5-6-8-15/h9,11,13,15,19H,4-8,10,12H2,1-3H3. The molecule has 1 fully saturated rings. The highest BCUT2D eigenvalue weighted by Gasteiger charge is 2.25. The van der Waals surface area contributed by atoms with Crippen LogP contribution in [0.15, 0.2) is 12.3 Å². The Hall–Kier alpha value is -0.800. The molecule has 0 radical (unpaired) electrons. The Bertz CT molecular complexity index is 442. The highest BCUT2D eigenvalue weighted by Crippen LogP contribution is 2.32. The zero-order chi connectivity index (χ0) is 15.2. The number of anilines is 1. The van der Waals surface area contributed by atoms with Gasteiger partial charge in [-0.25, -0.2) is 4.98 Å². The predicted octanol–water partition coefficient (Wildman–Crippen LogP) is 4.25. The molecule has 1 N–H and O–H groups in total. The van der Waals surface area contributed by atoms with E-state index in [9.17, 15) is 0 Å². The van der Waals surface area contributed by atoms with Crippen molar-refractivity contribution < 1.29 is 0 Å². The zero-order valence-corrected chi connectivity index (χ0v) is 14.3. The molecule has 1 heterocycles. The molecule has 0 aromatic carbocycles. The summed E-state index contributed by atoms with van der Waals surface area (Å²) in [6.07, 6.45) is 7.16. The van der Waals surface area contributed by atoms with Crippen LogP contribution in [0.3, 0.4) is 0 Å². The van der Waals surface area contributed by atoms with Crippen molar-refractivity contribution >= 4 is 17.4 Å². The van der Waals surface area contributed by atoms with Gasteiger partial charge in [-0.05, 0) is 36.9 Å². The smallest absolute Gasteiger partial charge is 0.147 e. The van der Waals surface area contributed by atoms with Gasteiger partial charge in [0.15, 0.2) is 0 Å². The van der Waals surface area contributed by atoms with E-state index in [4.69, 9.17) is 11.6 Å². The van der Waals surface area contributed by atoms with Crippen molar-refractivity contribution in [1.29, 1.82) is 0 Å². The quantitative estimate of drug-likeness (QED) is 0.816. The Balaban J connectivity index is 2.18. The maximum Gasteiger partial charge on any atom is 0.147 e. The first-order valence-electron chi connectivity index (χ1n) is 8.23. The molecule has 1 aromatic heterocycles. The van der Waals surface area contributed by atoms with Crippen LogP contribution in [0.5, 0.6) is 0 Å². The molecular weight excluding hydrogens is 282 g/mol. The molecule has 0 atom stereocenters. The fourth-order valence-corrected chi connectivity index (χ4v) is 3.36. The van der Waals surface area contributed by atoms with Crippen molar-refractivity contribution in [2.24, 2.45) is 5.92 Å². The minimum Gasteiger partial charge on any atom is -0.352 e. The first-order chi connectivity index (χ1) is 10.1. The summed E-state index contributed by atoms with van der Waals surface area (Å²) < 4.78 is 0.